The number of nitrogens with one attached hydrogen (secondary N) is 1. The molecule has 0 aliphatic carbocycles. The molecule has 1 amide bonds. The van der Waals surface area contributed by atoms with E-state index in [2.05, 4.69) is 15.2 Å². The summed E-state index contributed by atoms with van der Waals surface area (Å²) in [5.74, 6) is 0.666. The second kappa shape index (κ2) is 9.78. The van der Waals surface area contributed by atoms with Crippen molar-refractivity contribution in [3.63, 3.8) is 0 Å². The minimum absolute atomic E-state index is 0.158. The molecule has 1 fully saturated rings. The molecule has 0 saturated carbocycles. The molecule has 31 heavy (non-hydrogen) atoms. The van der Waals surface area contributed by atoms with Crippen LogP contribution in [0, 0.1) is 13.8 Å². The van der Waals surface area contributed by atoms with Crippen molar-refractivity contribution >= 4 is 21.7 Å². The van der Waals surface area contributed by atoms with Gasteiger partial charge in [-0.15, -0.1) is 0 Å². The van der Waals surface area contributed by atoms with Crippen molar-refractivity contribution in [1.29, 1.82) is 0 Å². The summed E-state index contributed by atoms with van der Waals surface area (Å²) in [6.07, 6.45) is 6.73. The molecule has 0 radical (unpaired) electrons. The van der Waals surface area contributed by atoms with Crippen LogP contribution in [0.4, 0.5) is 5.82 Å². The molecule has 8 heteroatoms. The van der Waals surface area contributed by atoms with Gasteiger partial charge in [0, 0.05) is 45.5 Å². The molecule has 1 aromatic carbocycles. The van der Waals surface area contributed by atoms with Crippen LogP contribution in [0.1, 0.15) is 52.7 Å². The van der Waals surface area contributed by atoms with E-state index >= 15 is 0 Å². The van der Waals surface area contributed by atoms with Crippen LogP contribution < -0.4 is 10.2 Å². The number of aromatic nitrogens is 1. The van der Waals surface area contributed by atoms with E-state index in [1.165, 1.54) is 45.8 Å². The molecule has 0 bridgehead atoms. The SMILES string of the molecule is Cc1cc(C(=O)NCc2ccc(N3CCCCCC3)nc2)cc(S(=O)(=O)N(C)C)c1C. The van der Waals surface area contributed by atoms with Crippen molar-refractivity contribution in [1.82, 2.24) is 14.6 Å². The first-order valence-corrected chi connectivity index (χ1v) is 12.2. The molecule has 1 N–H and O–H groups in total. The lowest BCUT2D eigenvalue weighted by Gasteiger charge is -2.21. The summed E-state index contributed by atoms with van der Waals surface area (Å²) in [5.41, 5.74) is 2.64. The van der Waals surface area contributed by atoms with Crippen molar-refractivity contribution in [2.75, 3.05) is 32.1 Å². The van der Waals surface area contributed by atoms with Crippen molar-refractivity contribution < 1.29 is 13.2 Å². The van der Waals surface area contributed by atoms with Crippen molar-refractivity contribution in [3.8, 4) is 0 Å². The average Bonchev–Trinajstić information content (AvgIpc) is 3.03. The highest BCUT2D eigenvalue weighted by Gasteiger charge is 2.23. The zero-order valence-electron chi connectivity index (χ0n) is 18.8. The normalized spacial score (nSPS) is 15.1. The number of hydrogen-bond acceptors (Lipinski definition) is 5. The van der Waals surface area contributed by atoms with E-state index in [1.807, 2.05) is 19.1 Å². The third kappa shape index (κ3) is 5.43. The number of carbonyl (C=O) groups is 1. The highest BCUT2D eigenvalue weighted by Crippen LogP contribution is 2.23. The lowest BCUT2D eigenvalue weighted by molar-refractivity contribution is 0.0950. The number of hydrogen-bond donors (Lipinski definition) is 1. The first kappa shape index (κ1) is 23.2. The summed E-state index contributed by atoms with van der Waals surface area (Å²) in [5, 5.41) is 2.88. The molecule has 2 aromatic rings. The number of carbonyl (C=O) groups excluding carboxylic acids is 1. The van der Waals surface area contributed by atoms with Crippen LogP contribution in [0.25, 0.3) is 0 Å². The maximum Gasteiger partial charge on any atom is 0.251 e. The van der Waals surface area contributed by atoms with E-state index in [-0.39, 0.29) is 10.8 Å². The van der Waals surface area contributed by atoms with Crippen molar-refractivity contribution in [3.05, 3.63) is 52.7 Å². The highest BCUT2D eigenvalue weighted by atomic mass is 32.2. The van der Waals surface area contributed by atoms with E-state index in [0.717, 1.165) is 34.3 Å². The number of amides is 1. The molecule has 1 aromatic heterocycles. The third-order valence-corrected chi connectivity index (χ3v) is 7.77. The molecule has 1 aliphatic heterocycles. The van der Waals surface area contributed by atoms with Crippen LogP contribution in [0.15, 0.2) is 35.4 Å². The Bertz CT molecular complexity index is 1030. The van der Waals surface area contributed by atoms with E-state index < -0.39 is 10.0 Å². The van der Waals surface area contributed by atoms with Gasteiger partial charge in [0.15, 0.2) is 0 Å². The van der Waals surface area contributed by atoms with Crippen molar-refractivity contribution in [2.45, 2.75) is 51.0 Å². The lowest BCUT2D eigenvalue weighted by atomic mass is 10.1. The summed E-state index contributed by atoms with van der Waals surface area (Å²) in [7, 11) is -0.662. The van der Waals surface area contributed by atoms with E-state index in [0.29, 0.717) is 17.7 Å². The fourth-order valence-electron chi connectivity index (χ4n) is 3.72. The number of sulfonamides is 1. The summed E-state index contributed by atoms with van der Waals surface area (Å²) in [6.45, 7) is 5.97. The Kier molecular flexibility index (Phi) is 7.33. The van der Waals surface area contributed by atoms with Crippen LogP contribution in [0.5, 0.6) is 0 Å². The molecular weight excluding hydrogens is 412 g/mol. The average molecular weight is 445 g/mol. The Morgan fingerprint density at radius 1 is 1.10 bits per heavy atom. The fraction of sp³-hybridized carbons (Fsp3) is 0.478. The first-order chi connectivity index (χ1) is 14.7. The number of nitrogens with zero attached hydrogens (tertiary/aromatic N) is 3. The molecule has 0 atom stereocenters. The molecule has 168 valence electrons. The van der Waals surface area contributed by atoms with Gasteiger partial charge in [0.1, 0.15) is 5.82 Å². The van der Waals surface area contributed by atoms with Crippen molar-refractivity contribution in [2.24, 2.45) is 0 Å². The zero-order valence-corrected chi connectivity index (χ0v) is 19.6. The van der Waals surface area contributed by atoms with Crippen LogP contribution >= 0.6 is 0 Å². The largest absolute Gasteiger partial charge is 0.357 e. The molecular formula is C23H32N4O3S. The summed E-state index contributed by atoms with van der Waals surface area (Å²) >= 11 is 0. The second-order valence-corrected chi connectivity index (χ2v) is 10.4. The molecule has 0 unspecified atom stereocenters. The Balaban J connectivity index is 1.70. The van der Waals surface area contributed by atoms with Gasteiger partial charge in [0.05, 0.1) is 4.90 Å². The predicted molar refractivity (Wildman–Crippen MR) is 123 cm³/mol. The predicted octanol–water partition coefficient (Wildman–Crippen LogP) is 3.26. The molecule has 1 aliphatic rings. The van der Waals surface area contributed by atoms with Crippen LogP contribution in [0.3, 0.4) is 0 Å². The van der Waals surface area contributed by atoms with E-state index in [1.54, 1.807) is 19.2 Å². The van der Waals surface area contributed by atoms with Gasteiger partial charge in [-0.2, -0.15) is 0 Å². The van der Waals surface area contributed by atoms with Gasteiger partial charge in [-0.05, 0) is 61.6 Å². The smallest absolute Gasteiger partial charge is 0.251 e. The van der Waals surface area contributed by atoms with Gasteiger partial charge in [-0.1, -0.05) is 18.9 Å². The van der Waals surface area contributed by atoms with Gasteiger partial charge in [0.25, 0.3) is 5.91 Å². The number of aryl methyl sites for hydroxylation is 1. The van der Waals surface area contributed by atoms with Crippen LogP contribution in [-0.2, 0) is 16.6 Å². The quantitative estimate of drug-likeness (QED) is 0.740. The number of pyridine rings is 1. The Morgan fingerprint density at radius 3 is 2.35 bits per heavy atom. The monoisotopic (exact) mass is 444 g/mol. The van der Waals surface area contributed by atoms with Gasteiger partial charge in [0.2, 0.25) is 10.0 Å². The number of anilines is 1. The Labute approximate surface area is 185 Å². The van der Waals surface area contributed by atoms with Gasteiger partial charge < -0.3 is 10.2 Å². The maximum atomic E-state index is 12.7. The van der Waals surface area contributed by atoms with E-state index in [4.69, 9.17) is 0 Å². The molecule has 3 rings (SSSR count). The highest BCUT2D eigenvalue weighted by molar-refractivity contribution is 7.89. The topological polar surface area (TPSA) is 82.6 Å². The standard InChI is InChI=1S/C23H32N4O3S/c1-17-13-20(14-21(18(17)2)31(29,30)26(3)4)23(28)25-16-19-9-10-22(24-15-19)27-11-7-5-6-8-12-27/h9-10,13-15H,5-8,11-12,16H2,1-4H3,(H,25,28). The molecule has 0 spiro atoms. The fourth-order valence-corrected chi connectivity index (χ4v) is 4.93. The Morgan fingerprint density at radius 2 is 1.77 bits per heavy atom. The van der Waals surface area contributed by atoms with Gasteiger partial charge in [-0.25, -0.2) is 17.7 Å². The summed E-state index contributed by atoms with van der Waals surface area (Å²) < 4.78 is 26.4. The third-order valence-electron chi connectivity index (χ3n) is 5.83. The minimum atomic E-state index is -3.63. The number of benzene rings is 1. The molecule has 1 saturated heterocycles. The Hall–Kier alpha value is -2.45. The lowest BCUT2D eigenvalue weighted by Crippen LogP contribution is -2.26. The summed E-state index contributed by atoms with van der Waals surface area (Å²) in [6, 6.07) is 7.16. The zero-order chi connectivity index (χ0) is 22.6. The second-order valence-electron chi connectivity index (χ2n) is 8.31. The minimum Gasteiger partial charge on any atom is -0.357 e. The van der Waals surface area contributed by atoms with Gasteiger partial charge in [-0.3, -0.25) is 4.79 Å². The van der Waals surface area contributed by atoms with Crippen LogP contribution in [0.2, 0.25) is 0 Å². The molecule has 7 nitrogen and oxygen atoms in total. The van der Waals surface area contributed by atoms with E-state index in [9.17, 15) is 13.2 Å². The van der Waals surface area contributed by atoms with Gasteiger partial charge >= 0.3 is 0 Å². The summed E-state index contributed by atoms with van der Waals surface area (Å²) in [4.78, 5) is 19.8. The first-order valence-electron chi connectivity index (χ1n) is 10.7. The number of rotatable bonds is 6. The maximum absolute atomic E-state index is 12.7. The molecule has 2 heterocycles. The van der Waals surface area contributed by atoms with Crippen LogP contribution in [-0.4, -0.2) is 50.8 Å².